The van der Waals surface area contributed by atoms with E-state index in [1.807, 2.05) is 0 Å². The zero-order valence-corrected chi connectivity index (χ0v) is 12.3. The van der Waals surface area contributed by atoms with Gasteiger partial charge in [-0.2, -0.15) is 4.37 Å². The standard InChI is InChI=1S/C13H25N3S/c1-5-7-12-15-13(17-16-12)9-11(10(3)4)14-8-6-2/h10-11,14H,5-9H2,1-4H3. The first-order valence-corrected chi connectivity index (χ1v) is 7.49. The maximum atomic E-state index is 4.60. The fourth-order valence-electron chi connectivity index (χ4n) is 1.76. The molecule has 0 aromatic carbocycles. The molecular formula is C13H25N3S. The van der Waals surface area contributed by atoms with Gasteiger partial charge in [0.15, 0.2) is 0 Å². The van der Waals surface area contributed by atoms with Crippen LogP contribution in [0.2, 0.25) is 0 Å². The predicted octanol–water partition coefficient (Wildman–Crippen LogP) is 3.06. The van der Waals surface area contributed by atoms with E-state index < -0.39 is 0 Å². The van der Waals surface area contributed by atoms with E-state index in [0.29, 0.717) is 12.0 Å². The first kappa shape index (κ1) is 14.6. The monoisotopic (exact) mass is 255 g/mol. The molecular weight excluding hydrogens is 230 g/mol. The molecule has 3 nitrogen and oxygen atoms in total. The van der Waals surface area contributed by atoms with Crippen molar-refractivity contribution in [1.82, 2.24) is 14.7 Å². The fourth-order valence-corrected chi connectivity index (χ4v) is 2.50. The van der Waals surface area contributed by atoms with Crippen LogP contribution >= 0.6 is 11.5 Å². The predicted molar refractivity (Wildman–Crippen MR) is 74.5 cm³/mol. The molecule has 0 spiro atoms. The molecule has 0 amide bonds. The van der Waals surface area contributed by atoms with Crippen LogP contribution in [0.3, 0.4) is 0 Å². The number of aromatic nitrogens is 2. The first-order chi connectivity index (χ1) is 8.17. The molecule has 1 atom stereocenters. The Morgan fingerprint density at radius 3 is 2.59 bits per heavy atom. The van der Waals surface area contributed by atoms with Gasteiger partial charge >= 0.3 is 0 Å². The molecule has 1 rings (SSSR count). The Hall–Kier alpha value is -0.480. The van der Waals surface area contributed by atoms with Crippen molar-refractivity contribution in [3.63, 3.8) is 0 Å². The van der Waals surface area contributed by atoms with Crippen molar-refractivity contribution >= 4 is 11.5 Å². The maximum Gasteiger partial charge on any atom is 0.142 e. The minimum absolute atomic E-state index is 0.525. The summed E-state index contributed by atoms with van der Waals surface area (Å²) in [5, 5.41) is 4.77. The van der Waals surface area contributed by atoms with Crippen LogP contribution in [0.15, 0.2) is 0 Å². The normalized spacial score (nSPS) is 13.2. The Morgan fingerprint density at radius 1 is 1.24 bits per heavy atom. The Balaban J connectivity index is 2.52. The Labute approximate surface area is 109 Å². The van der Waals surface area contributed by atoms with Crippen molar-refractivity contribution < 1.29 is 0 Å². The number of hydrogen-bond donors (Lipinski definition) is 1. The fraction of sp³-hybridized carbons (Fsp3) is 0.846. The second kappa shape index (κ2) is 7.77. The average Bonchev–Trinajstić information content (AvgIpc) is 2.72. The van der Waals surface area contributed by atoms with Gasteiger partial charge in [-0.25, -0.2) is 4.98 Å². The third-order valence-corrected chi connectivity index (χ3v) is 3.61. The van der Waals surface area contributed by atoms with Crippen molar-refractivity contribution in [2.75, 3.05) is 6.54 Å². The van der Waals surface area contributed by atoms with Gasteiger partial charge in [0.25, 0.3) is 0 Å². The minimum Gasteiger partial charge on any atom is -0.313 e. The van der Waals surface area contributed by atoms with Gasteiger partial charge in [0.1, 0.15) is 10.8 Å². The molecule has 0 radical (unpaired) electrons. The van der Waals surface area contributed by atoms with Crippen molar-refractivity contribution in [3.05, 3.63) is 10.8 Å². The third kappa shape index (κ3) is 5.13. The lowest BCUT2D eigenvalue weighted by Crippen LogP contribution is -2.36. The van der Waals surface area contributed by atoms with Gasteiger partial charge in [0, 0.05) is 18.9 Å². The van der Waals surface area contributed by atoms with Crippen LogP contribution in [-0.4, -0.2) is 21.9 Å². The molecule has 1 unspecified atom stereocenters. The molecule has 17 heavy (non-hydrogen) atoms. The van der Waals surface area contributed by atoms with Gasteiger partial charge < -0.3 is 5.32 Å². The van der Waals surface area contributed by atoms with Crippen LogP contribution in [0.4, 0.5) is 0 Å². The van der Waals surface area contributed by atoms with E-state index in [1.54, 1.807) is 11.5 Å². The number of nitrogens with zero attached hydrogens (tertiary/aromatic N) is 2. The highest BCUT2D eigenvalue weighted by Crippen LogP contribution is 2.13. The highest BCUT2D eigenvalue weighted by molar-refractivity contribution is 7.05. The topological polar surface area (TPSA) is 37.8 Å². The van der Waals surface area contributed by atoms with Gasteiger partial charge in [-0.05, 0) is 36.8 Å². The highest BCUT2D eigenvalue weighted by Gasteiger charge is 2.15. The second-order valence-electron chi connectivity index (χ2n) is 4.86. The van der Waals surface area contributed by atoms with Crippen LogP contribution in [0.25, 0.3) is 0 Å². The summed E-state index contributed by atoms with van der Waals surface area (Å²) >= 11 is 1.57. The molecule has 1 N–H and O–H groups in total. The molecule has 0 aliphatic rings. The quantitative estimate of drug-likeness (QED) is 0.776. The largest absolute Gasteiger partial charge is 0.313 e. The molecule has 1 heterocycles. The summed E-state index contributed by atoms with van der Waals surface area (Å²) < 4.78 is 4.40. The van der Waals surface area contributed by atoms with Crippen molar-refractivity contribution in [2.24, 2.45) is 5.92 Å². The molecule has 0 saturated carbocycles. The second-order valence-corrected chi connectivity index (χ2v) is 5.70. The van der Waals surface area contributed by atoms with Gasteiger partial charge in [-0.1, -0.05) is 27.7 Å². The van der Waals surface area contributed by atoms with Gasteiger partial charge in [0.2, 0.25) is 0 Å². The average molecular weight is 255 g/mol. The summed E-state index contributed by atoms with van der Waals surface area (Å²) in [6, 6.07) is 0.525. The van der Waals surface area contributed by atoms with Crippen LogP contribution in [0.1, 0.15) is 51.4 Å². The van der Waals surface area contributed by atoms with Crippen LogP contribution in [0.5, 0.6) is 0 Å². The zero-order chi connectivity index (χ0) is 12.7. The first-order valence-electron chi connectivity index (χ1n) is 6.72. The Bertz CT molecular complexity index is 309. The Kier molecular flexibility index (Phi) is 6.66. The SMILES string of the molecule is CCCNC(Cc1nc(CCC)ns1)C(C)C. The van der Waals surface area contributed by atoms with Crippen LogP contribution in [0, 0.1) is 5.92 Å². The van der Waals surface area contributed by atoms with E-state index in [1.165, 1.54) is 11.4 Å². The van der Waals surface area contributed by atoms with E-state index in [4.69, 9.17) is 0 Å². The van der Waals surface area contributed by atoms with Crippen molar-refractivity contribution in [3.8, 4) is 0 Å². The van der Waals surface area contributed by atoms with E-state index in [2.05, 4.69) is 42.4 Å². The molecule has 0 aliphatic carbocycles. The van der Waals surface area contributed by atoms with E-state index in [-0.39, 0.29) is 0 Å². The molecule has 0 aliphatic heterocycles. The summed E-state index contributed by atoms with van der Waals surface area (Å²) in [5.41, 5.74) is 0. The van der Waals surface area contributed by atoms with Crippen LogP contribution in [-0.2, 0) is 12.8 Å². The number of hydrogen-bond acceptors (Lipinski definition) is 4. The zero-order valence-electron chi connectivity index (χ0n) is 11.5. The molecule has 1 aromatic rings. The molecule has 98 valence electrons. The van der Waals surface area contributed by atoms with Gasteiger partial charge in [-0.3, -0.25) is 0 Å². The lowest BCUT2D eigenvalue weighted by molar-refractivity contribution is 0.397. The third-order valence-electron chi connectivity index (χ3n) is 2.84. The summed E-state index contributed by atoms with van der Waals surface area (Å²) in [5.74, 6) is 1.66. The molecule has 0 fully saturated rings. The summed E-state index contributed by atoms with van der Waals surface area (Å²) in [6.45, 7) is 9.99. The smallest absolute Gasteiger partial charge is 0.142 e. The lowest BCUT2D eigenvalue weighted by atomic mass is 10.0. The van der Waals surface area contributed by atoms with Crippen LogP contribution < -0.4 is 5.32 Å². The van der Waals surface area contributed by atoms with Gasteiger partial charge in [0.05, 0.1) is 0 Å². The molecule has 0 saturated heterocycles. The summed E-state index contributed by atoms with van der Waals surface area (Å²) in [7, 11) is 0. The Morgan fingerprint density at radius 2 is 2.00 bits per heavy atom. The molecule has 0 bridgehead atoms. The number of nitrogens with one attached hydrogen (secondary N) is 1. The molecule has 4 heteroatoms. The highest BCUT2D eigenvalue weighted by atomic mass is 32.1. The van der Waals surface area contributed by atoms with Crippen molar-refractivity contribution in [2.45, 2.75) is 59.4 Å². The van der Waals surface area contributed by atoms with Crippen molar-refractivity contribution in [1.29, 1.82) is 0 Å². The van der Waals surface area contributed by atoms with E-state index >= 15 is 0 Å². The van der Waals surface area contributed by atoms with E-state index in [9.17, 15) is 0 Å². The minimum atomic E-state index is 0.525. The lowest BCUT2D eigenvalue weighted by Gasteiger charge is -2.20. The number of rotatable bonds is 8. The van der Waals surface area contributed by atoms with E-state index in [0.717, 1.165) is 31.6 Å². The maximum absolute atomic E-state index is 4.60. The number of aryl methyl sites for hydroxylation is 1. The summed E-state index contributed by atoms with van der Waals surface area (Å²) in [4.78, 5) is 4.60. The summed E-state index contributed by atoms with van der Waals surface area (Å²) in [6.07, 6.45) is 4.32. The van der Waals surface area contributed by atoms with Gasteiger partial charge in [-0.15, -0.1) is 0 Å². The molecule has 1 aromatic heterocycles.